The van der Waals surface area contributed by atoms with Gasteiger partial charge in [0.15, 0.2) is 0 Å². The zero-order valence-corrected chi connectivity index (χ0v) is 21.6. The largest absolute Gasteiger partial charge is 0.422 e. The monoisotopic (exact) mass is 496 g/mol. The fraction of sp³-hybridized carbons (Fsp3) is 0.267. The van der Waals surface area contributed by atoms with E-state index in [4.69, 9.17) is 4.42 Å². The third-order valence-electron chi connectivity index (χ3n) is 6.90. The predicted octanol–water partition coefficient (Wildman–Crippen LogP) is 4.22. The van der Waals surface area contributed by atoms with E-state index in [1.54, 1.807) is 11.0 Å². The van der Waals surface area contributed by atoms with Gasteiger partial charge in [0.05, 0.1) is 0 Å². The number of nitrogens with zero attached hydrogens (tertiary/aromatic N) is 4. The van der Waals surface area contributed by atoms with E-state index < -0.39 is 5.63 Å². The molecule has 7 nitrogen and oxygen atoms in total. The van der Waals surface area contributed by atoms with Crippen molar-refractivity contribution < 1.29 is 9.21 Å². The number of hydrogen-bond acceptors (Lipinski definition) is 6. The molecule has 7 heteroatoms. The molecule has 2 aromatic carbocycles. The molecule has 0 saturated carbocycles. The molecular weight excluding hydrogens is 464 g/mol. The van der Waals surface area contributed by atoms with Crippen molar-refractivity contribution in [2.75, 3.05) is 63.7 Å². The SMILES string of the molecule is CN1C=CC(C=Cc2ccc(N3CCN(C(=O)c4cc5ccc(N(C)C)cc5oc4=O)CC3)cc2)=CC1. The molecule has 2 aliphatic rings. The van der Waals surface area contributed by atoms with E-state index in [1.165, 1.54) is 5.57 Å². The normalized spacial score (nSPS) is 16.0. The van der Waals surface area contributed by atoms with E-state index in [2.05, 4.69) is 71.6 Å². The first kappa shape index (κ1) is 24.4. The lowest BCUT2D eigenvalue weighted by Crippen LogP contribution is -2.49. The minimum absolute atomic E-state index is 0.0873. The molecule has 0 unspecified atom stereocenters. The number of anilines is 2. The topological polar surface area (TPSA) is 60.2 Å². The molecule has 3 heterocycles. The summed E-state index contributed by atoms with van der Waals surface area (Å²) < 4.78 is 5.51. The molecule has 0 atom stereocenters. The average Bonchev–Trinajstić information content (AvgIpc) is 2.92. The van der Waals surface area contributed by atoms with Crippen molar-refractivity contribution >= 4 is 34.3 Å². The van der Waals surface area contributed by atoms with Gasteiger partial charge in [0.1, 0.15) is 11.1 Å². The van der Waals surface area contributed by atoms with Crippen molar-refractivity contribution in [2.24, 2.45) is 0 Å². The van der Waals surface area contributed by atoms with Crippen LogP contribution in [-0.4, -0.2) is 69.6 Å². The summed E-state index contributed by atoms with van der Waals surface area (Å²) in [5.41, 5.74) is 4.39. The summed E-state index contributed by atoms with van der Waals surface area (Å²) in [5.74, 6) is -0.273. The van der Waals surface area contributed by atoms with Crippen LogP contribution in [0.4, 0.5) is 11.4 Å². The molecular formula is C30H32N4O3. The van der Waals surface area contributed by atoms with Gasteiger partial charge in [-0.15, -0.1) is 0 Å². The number of hydrogen-bond donors (Lipinski definition) is 0. The Morgan fingerprint density at radius 3 is 2.41 bits per heavy atom. The van der Waals surface area contributed by atoms with Gasteiger partial charge in [-0.1, -0.05) is 30.4 Å². The molecule has 0 aliphatic carbocycles. The van der Waals surface area contributed by atoms with E-state index in [9.17, 15) is 9.59 Å². The molecule has 5 rings (SSSR count). The first-order valence-corrected chi connectivity index (χ1v) is 12.5. The van der Waals surface area contributed by atoms with Gasteiger partial charge in [0, 0.05) is 76.7 Å². The van der Waals surface area contributed by atoms with E-state index in [-0.39, 0.29) is 11.5 Å². The molecule has 2 aliphatic heterocycles. The Hall–Kier alpha value is -4.26. The lowest BCUT2D eigenvalue weighted by Gasteiger charge is -2.36. The number of rotatable bonds is 5. The van der Waals surface area contributed by atoms with Crippen LogP contribution in [0.1, 0.15) is 15.9 Å². The maximum atomic E-state index is 13.2. The van der Waals surface area contributed by atoms with Gasteiger partial charge in [0.2, 0.25) is 0 Å². The van der Waals surface area contributed by atoms with Crippen LogP contribution in [0.3, 0.4) is 0 Å². The number of allylic oxidation sites excluding steroid dienone is 3. The summed E-state index contributed by atoms with van der Waals surface area (Å²) in [7, 11) is 5.91. The molecule has 1 amide bonds. The number of amides is 1. The van der Waals surface area contributed by atoms with Crippen LogP contribution in [0.5, 0.6) is 0 Å². The minimum Gasteiger partial charge on any atom is -0.422 e. The second-order valence-corrected chi connectivity index (χ2v) is 9.73. The van der Waals surface area contributed by atoms with E-state index in [1.807, 2.05) is 37.2 Å². The molecule has 0 N–H and O–H groups in total. The Kier molecular flexibility index (Phi) is 6.86. The highest BCUT2D eigenvalue weighted by Gasteiger charge is 2.25. The molecule has 1 fully saturated rings. The lowest BCUT2D eigenvalue weighted by molar-refractivity contribution is 0.0742. The molecule has 0 spiro atoms. The van der Waals surface area contributed by atoms with Crippen LogP contribution >= 0.6 is 0 Å². The Bertz CT molecular complexity index is 1440. The van der Waals surface area contributed by atoms with Crippen LogP contribution in [0.2, 0.25) is 0 Å². The standard InChI is InChI=1S/C30H32N4O3/c1-31(2)26-11-8-24-20-27(30(36)37-28(24)21-26)29(35)34-18-16-33(17-19-34)25-9-6-22(7-10-25)4-5-23-12-14-32(3)15-13-23/h4-14,20-21H,15-19H2,1-3H3. The molecule has 190 valence electrons. The highest BCUT2D eigenvalue weighted by molar-refractivity contribution is 5.97. The third kappa shape index (κ3) is 5.45. The first-order valence-electron chi connectivity index (χ1n) is 12.5. The van der Waals surface area contributed by atoms with Crippen molar-refractivity contribution in [1.29, 1.82) is 0 Å². The van der Waals surface area contributed by atoms with E-state index in [0.29, 0.717) is 31.8 Å². The number of fused-ring (bicyclic) bond motifs is 1. The van der Waals surface area contributed by atoms with Crippen molar-refractivity contribution in [3.63, 3.8) is 0 Å². The van der Waals surface area contributed by atoms with E-state index >= 15 is 0 Å². The maximum absolute atomic E-state index is 13.2. The van der Waals surface area contributed by atoms with Crippen molar-refractivity contribution in [3.05, 3.63) is 100 Å². The Labute approximate surface area is 217 Å². The summed E-state index contributed by atoms with van der Waals surface area (Å²) in [6.07, 6.45) is 10.7. The number of piperazine rings is 1. The smallest absolute Gasteiger partial charge is 0.349 e. The summed E-state index contributed by atoms with van der Waals surface area (Å²) in [6.45, 7) is 3.43. The highest BCUT2D eigenvalue weighted by atomic mass is 16.4. The van der Waals surface area contributed by atoms with Crippen LogP contribution in [0.25, 0.3) is 17.0 Å². The molecule has 0 bridgehead atoms. The Morgan fingerprint density at radius 1 is 0.973 bits per heavy atom. The summed E-state index contributed by atoms with van der Waals surface area (Å²) in [5, 5.41) is 0.740. The molecule has 3 aromatic rings. The van der Waals surface area contributed by atoms with Gasteiger partial charge >= 0.3 is 5.63 Å². The van der Waals surface area contributed by atoms with Crippen LogP contribution in [0.15, 0.2) is 87.7 Å². The predicted molar refractivity (Wildman–Crippen MR) is 150 cm³/mol. The molecule has 0 radical (unpaired) electrons. The van der Waals surface area contributed by atoms with Gasteiger partial charge in [-0.2, -0.15) is 0 Å². The van der Waals surface area contributed by atoms with Crippen molar-refractivity contribution in [3.8, 4) is 0 Å². The van der Waals surface area contributed by atoms with Crippen LogP contribution < -0.4 is 15.4 Å². The fourth-order valence-corrected chi connectivity index (χ4v) is 4.57. The van der Waals surface area contributed by atoms with Crippen molar-refractivity contribution in [2.45, 2.75) is 0 Å². The van der Waals surface area contributed by atoms with Gasteiger partial charge in [-0.3, -0.25) is 4.79 Å². The van der Waals surface area contributed by atoms with E-state index in [0.717, 1.165) is 28.9 Å². The minimum atomic E-state index is -0.592. The Morgan fingerprint density at radius 2 is 1.73 bits per heavy atom. The lowest BCUT2D eigenvalue weighted by atomic mass is 10.1. The second kappa shape index (κ2) is 10.4. The average molecular weight is 497 g/mol. The maximum Gasteiger partial charge on any atom is 0.349 e. The summed E-state index contributed by atoms with van der Waals surface area (Å²) in [6, 6.07) is 15.8. The Balaban J connectivity index is 1.21. The second-order valence-electron chi connectivity index (χ2n) is 9.73. The number of benzene rings is 2. The highest BCUT2D eigenvalue weighted by Crippen LogP contribution is 2.22. The number of carbonyl (C=O) groups is 1. The van der Waals surface area contributed by atoms with Crippen molar-refractivity contribution in [1.82, 2.24) is 9.80 Å². The summed E-state index contributed by atoms with van der Waals surface area (Å²) in [4.78, 5) is 33.9. The molecule has 1 saturated heterocycles. The quantitative estimate of drug-likeness (QED) is 0.493. The zero-order chi connectivity index (χ0) is 25.9. The van der Waals surface area contributed by atoms with Crippen LogP contribution in [0, 0.1) is 0 Å². The molecule has 37 heavy (non-hydrogen) atoms. The number of carbonyl (C=O) groups excluding carboxylic acids is 1. The van der Waals surface area contributed by atoms with Crippen LogP contribution in [-0.2, 0) is 0 Å². The number of likely N-dealkylation sites (N-methyl/N-ethyl adjacent to an activating group) is 1. The summed E-state index contributed by atoms with van der Waals surface area (Å²) >= 11 is 0. The first-order chi connectivity index (χ1) is 17.9. The third-order valence-corrected chi connectivity index (χ3v) is 6.90. The molecule has 1 aromatic heterocycles. The van der Waals surface area contributed by atoms with Gasteiger partial charge in [-0.25, -0.2) is 4.79 Å². The van der Waals surface area contributed by atoms with Gasteiger partial charge in [0.25, 0.3) is 5.91 Å². The van der Waals surface area contributed by atoms with Gasteiger partial charge < -0.3 is 24.0 Å². The fourth-order valence-electron chi connectivity index (χ4n) is 4.57. The van der Waals surface area contributed by atoms with Gasteiger partial charge in [-0.05, 0) is 53.7 Å². The zero-order valence-electron chi connectivity index (χ0n) is 21.6.